The van der Waals surface area contributed by atoms with Gasteiger partial charge in [0, 0.05) is 6.04 Å². The number of benzene rings is 1. The first kappa shape index (κ1) is 15.8. The number of carbonyl (C=O) groups excluding carboxylic acids is 1. The number of aromatic nitrogens is 3. The number of nitrogens with one attached hydrogen (secondary N) is 2. The summed E-state index contributed by atoms with van der Waals surface area (Å²) in [6.45, 7) is 1.86. The smallest absolute Gasteiger partial charge is 0.239 e. The molecule has 1 unspecified atom stereocenters. The molecule has 3 aromatic rings. The summed E-state index contributed by atoms with van der Waals surface area (Å²) in [6.07, 6.45) is 2.39. The van der Waals surface area contributed by atoms with E-state index in [0.717, 1.165) is 19.7 Å². The molecule has 1 atom stereocenters. The maximum atomic E-state index is 12.4. The topological polar surface area (TPSA) is 79.8 Å². The van der Waals surface area contributed by atoms with Gasteiger partial charge in [0.15, 0.2) is 9.47 Å². The maximum absolute atomic E-state index is 12.4. The molecule has 2 heterocycles. The molecule has 0 spiro atoms. The van der Waals surface area contributed by atoms with E-state index >= 15 is 0 Å². The van der Waals surface area contributed by atoms with Crippen LogP contribution in [0.25, 0.3) is 10.2 Å². The fraction of sp³-hybridized carbons (Fsp3) is 0.333. The van der Waals surface area contributed by atoms with E-state index in [9.17, 15) is 4.79 Å². The third-order valence-electron chi connectivity index (χ3n) is 3.48. The van der Waals surface area contributed by atoms with Gasteiger partial charge in [-0.15, -0.1) is 10.2 Å². The Balaban J connectivity index is 1.37. The molecule has 24 heavy (non-hydrogen) atoms. The van der Waals surface area contributed by atoms with Gasteiger partial charge in [0.25, 0.3) is 0 Å². The predicted octanol–water partition coefficient (Wildman–Crippen LogP) is 3.84. The van der Waals surface area contributed by atoms with E-state index in [1.54, 1.807) is 0 Å². The van der Waals surface area contributed by atoms with Crippen molar-refractivity contribution in [2.75, 3.05) is 10.6 Å². The number of hydrogen-bond acceptors (Lipinski definition) is 8. The van der Waals surface area contributed by atoms with Crippen molar-refractivity contribution in [3.8, 4) is 0 Å². The molecule has 0 aliphatic heterocycles. The first-order valence-corrected chi connectivity index (χ1v) is 10.1. The molecule has 4 rings (SSSR count). The molecule has 1 aliphatic rings. The second-order valence-corrected chi connectivity index (χ2v) is 9.12. The molecular formula is C15H15N5OS3. The monoisotopic (exact) mass is 377 g/mol. The Bertz CT molecular complexity index is 840. The molecule has 1 aliphatic carbocycles. The predicted molar refractivity (Wildman–Crippen MR) is 100 cm³/mol. The average Bonchev–Trinajstić information content (AvgIpc) is 3.11. The standard InChI is InChI=1S/C15H15N5OS3/c1-8(22-15-20-19-14(24-15)16-9-6-7-9)12(21)18-13-17-10-4-2-3-5-11(10)23-13/h2-5,8-9H,6-7H2,1H3,(H,16,19)(H,17,18,21). The van der Waals surface area contributed by atoms with Crippen LogP contribution in [0, 0.1) is 0 Å². The van der Waals surface area contributed by atoms with Gasteiger partial charge in [-0.3, -0.25) is 4.79 Å². The number of para-hydroxylation sites is 1. The number of thiazole rings is 1. The van der Waals surface area contributed by atoms with Crippen LogP contribution in [0.1, 0.15) is 19.8 Å². The Morgan fingerprint density at radius 3 is 2.88 bits per heavy atom. The summed E-state index contributed by atoms with van der Waals surface area (Å²) < 4.78 is 1.86. The number of thioether (sulfide) groups is 1. The van der Waals surface area contributed by atoms with Crippen molar-refractivity contribution >= 4 is 60.8 Å². The van der Waals surface area contributed by atoms with Gasteiger partial charge in [0.1, 0.15) is 0 Å². The second-order valence-electron chi connectivity index (χ2n) is 5.53. The van der Waals surface area contributed by atoms with Gasteiger partial charge in [0.2, 0.25) is 11.0 Å². The molecule has 2 aromatic heterocycles. The number of carbonyl (C=O) groups is 1. The van der Waals surface area contributed by atoms with Crippen LogP contribution >= 0.6 is 34.4 Å². The highest BCUT2D eigenvalue weighted by atomic mass is 32.2. The van der Waals surface area contributed by atoms with E-state index in [-0.39, 0.29) is 11.2 Å². The van der Waals surface area contributed by atoms with Gasteiger partial charge in [-0.2, -0.15) is 0 Å². The van der Waals surface area contributed by atoms with E-state index in [4.69, 9.17) is 0 Å². The first-order valence-electron chi connectivity index (χ1n) is 7.60. The molecule has 1 aromatic carbocycles. The highest BCUT2D eigenvalue weighted by Crippen LogP contribution is 2.33. The van der Waals surface area contributed by atoms with Gasteiger partial charge in [-0.25, -0.2) is 4.98 Å². The summed E-state index contributed by atoms with van der Waals surface area (Å²) in [7, 11) is 0. The second kappa shape index (κ2) is 6.66. The molecule has 1 saturated carbocycles. The highest BCUT2D eigenvalue weighted by Gasteiger charge is 2.23. The summed E-state index contributed by atoms with van der Waals surface area (Å²) in [6, 6.07) is 8.39. The number of fused-ring (bicyclic) bond motifs is 1. The van der Waals surface area contributed by atoms with E-state index in [0.29, 0.717) is 11.2 Å². The van der Waals surface area contributed by atoms with Crippen LogP contribution in [0.3, 0.4) is 0 Å². The van der Waals surface area contributed by atoms with Crippen LogP contribution < -0.4 is 10.6 Å². The lowest BCUT2D eigenvalue weighted by Gasteiger charge is -2.07. The lowest BCUT2D eigenvalue weighted by molar-refractivity contribution is -0.115. The summed E-state index contributed by atoms with van der Waals surface area (Å²) in [5.74, 6) is -0.0778. The zero-order valence-electron chi connectivity index (χ0n) is 12.9. The molecule has 1 fully saturated rings. The summed E-state index contributed by atoms with van der Waals surface area (Å²) in [5.41, 5.74) is 0.901. The number of nitrogens with zero attached hydrogens (tertiary/aromatic N) is 3. The SMILES string of the molecule is CC(Sc1nnc(NC2CC2)s1)C(=O)Nc1nc2ccccc2s1. The van der Waals surface area contributed by atoms with Crippen molar-refractivity contribution in [2.24, 2.45) is 0 Å². The highest BCUT2D eigenvalue weighted by molar-refractivity contribution is 8.02. The van der Waals surface area contributed by atoms with Crippen LogP contribution in [0.15, 0.2) is 28.6 Å². The average molecular weight is 378 g/mol. The quantitative estimate of drug-likeness (QED) is 0.635. The van der Waals surface area contributed by atoms with Gasteiger partial charge in [0.05, 0.1) is 15.5 Å². The zero-order chi connectivity index (χ0) is 16.5. The van der Waals surface area contributed by atoms with Gasteiger partial charge >= 0.3 is 0 Å². The van der Waals surface area contributed by atoms with Crippen molar-refractivity contribution in [2.45, 2.75) is 35.4 Å². The molecule has 0 radical (unpaired) electrons. The van der Waals surface area contributed by atoms with E-state index in [1.165, 1.54) is 47.3 Å². The van der Waals surface area contributed by atoms with Gasteiger partial charge < -0.3 is 10.6 Å². The van der Waals surface area contributed by atoms with Crippen LogP contribution in [0.2, 0.25) is 0 Å². The van der Waals surface area contributed by atoms with Crippen molar-refractivity contribution in [3.05, 3.63) is 24.3 Å². The van der Waals surface area contributed by atoms with E-state index in [2.05, 4.69) is 25.8 Å². The number of rotatable bonds is 6. The lowest BCUT2D eigenvalue weighted by Crippen LogP contribution is -2.22. The minimum atomic E-state index is -0.265. The van der Waals surface area contributed by atoms with Gasteiger partial charge in [-0.1, -0.05) is 46.6 Å². The normalized spacial score (nSPS) is 15.4. The van der Waals surface area contributed by atoms with Crippen molar-refractivity contribution in [1.29, 1.82) is 0 Å². The van der Waals surface area contributed by atoms with Crippen molar-refractivity contribution in [3.63, 3.8) is 0 Å². The Labute approximate surface area is 151 Å². The molecule has 124 valence electrons. The number of hydrogen-bond donors (Lipinski definition) is 2. The molecular weight excluding hydrogens is 362 g/mol. The largest absolute Gasteiger partial charge is 0.357 e. The Hall–Kier alpha value is -1.71. The fourth-order valence-corrected chi connectivity index (χ4v) is 4.90. The molecule has 1 amide bonds. The molecule has 2 N–H and O–H groups in total. The van der Waals surface area contributed by atoms with Crippen LogP contribution in [-0.2, 0) is 4.79 Å². The van der Waals surface area contributed by atoms with Crippen LogP contribution in [0.5, 0.6) is 0 Å². The maximum Gasteiger partial charge on any atom is 0.239 e. The van der Waals surface area contributed by atoms with Gasteiger partial charge in [-0.05, 0) is 31.9 Å². The fourth-order valence-electron chi connectivity index (χ4n) is 2.06. The third-order valence-corrected chi connectivity index (χ3v) is 6.47. The summed E-state index contributed by atoms with van der Waals surface area (Å²) in [5, 5.41) is 15.7. The summed E-state index contributed by atoms with van der Waals surface area (Å²) in [4.78, 5) is 16.8. The Morgan fingerprint density at radius 2 is 2.08 bits per heavy atom. The van der Waals surface area contributed by atoms with E-state index < -0.39 is 0 Å². The van der Waals surface area contributed by atoms with Crippen molar-refractivity contribution in [1.82, 2.24) is 15.2 Å². The molecule has 6 nitrogen and oxygen atoms in total. The molecule has 0 bridgehead atoms. The molecule has 0 saturated heterocycles. The minimum absolute atomic E-state index is 0.0778. The van der Waals surface area contributed by atoms with Crippen LogP contribution in [0.4, 0.5) is 10.3 Å². The van der Waals surface area contributed by atoms with Crippen LogP contribution in [-0.4, -0.2) is 32.4 Å². The zero-order valence-corrected chi connectivity index (χ0v) is 15.3. The number of amides is 1. The minimum Gasteiger partial charge on any atom is -0.357 e. The lowest BCUT2D eigenvalue weighted by atomic mass is 10.3. The molecule has 9 heteroatoms. The third kappa shape index (κ3) is 3.68. The Morgan fingerprint density at radius 1 is 1.25 bits per heavy atom. The van der Waals surface area contributed by atoms with E-state index in [1.807, 2.05) is 31.2 Å². The van der Waals surface area contributed by atoms with Crippen molar-refractivity contribution < 1.29 is 4.79 Å². The Kier molecular flexibility index (Phi) is 4.38. The number of anilines is 2. The first-order chi connectivity index (χ1) is 11.7. The summed E-state index contributed by atoms with van der Waals surface area (Å²) >= 11 is 4.39.